The monoisotopic (exact) mass is 487 g/mol. The molecule has 8 heteroatoms. The highest BCUT2D eigenvalue weighted by atomic mass is 16.5. The number of benzene rings is 3. The fourth-order valence-corrected chi connectivity index (χ4v) is 4.65. The van der Waals surface area contributed by atoms with Crippen LogP contribution < -0.4 is 21.4 Å². The van der Waals surface area contributed by atoms with Crippen molar-refractivity contribution in [3.63, 3.8) is 0 Å². The Balaban J connectivity index is 1.43. The topological polar surface area (TPSA) is 109 Å². The van der Waals surface area contributed by atoms with Gasteiger partial charge >= 0.3 is 0 Å². The van der Waals surface area contributed by atoms with Gasteiger partial charge in [-0.2, -0.15) is 5.10 Å². The lowest BCUT2D eigenvalue weighted by molar-refractivity contribution is -0.137. The van der Waals surface area contributed by atoms with E-state index in [0.717, 1.165) is 47.6 Å². The minimum Gasteiger partial charge on any atom is -0.484 e. The second kappa shape index (κ2) is 12.2. The van der Waals surface area contributed by atoms with Crippen LogP contribution in [-0.2, 0) is 16.0 Å². The Labute approximate surface area is 211 Å². The number of nitrogens with zero attached hydrogens (tertiary/aromatic N) is 2. The number of likely N-dealkylation sites (N-methyl/N-ethyl adjacent to an activating group) is 1. The van der Waals surface area contributed by atoms with Crippen LogP contribution in [0.4, 0.5) is 0 Å². The average Bonchev–Trinajstić information content (AvgIpc) is 3.45. The molecular weight excluding hydrogens is 454 g/mol. The number of hydrogen-bond donors (Lipinski definition) is 3. The number of nitrogens with two attached hydrogens (primary N) is 1. The fraction of sp³-hybridized carbons (Fsp3) is 0.321. The molecule has 1 atom stereocenters. The lowest BCUT2D eigenvalue weighted by Gasteiger charge is -2.29. The summed E-state index contributed by atoms with van der Waals surface area (Å²) in [6.07, 6.45) is 6.23. The highest BCUT2D eigenvalue weighted by Crippen LogP contribution is 2.23. The first-order valence-electron chi connectivity index (χ1n) is 12.3. The lowest BCUT2D eigenvalue weighted by atomic mass is 10.0. The lowest BCUT2D eigenvalue weighted by Crippen LogP contribution is -2.51. The number of hydrazone groups is 1. The zero-order chi connectivity index (χ0) is 25.3. The normalized spacial score (nSPS) is 14.6. The molecule has 4 rings (SSSR count). The van der Waals surface area contributed by atoms with Crippen LogP contribution in [0.3, 0.4) is 0 Å². The maximum Gasteiger partial charge on any atom is 0.258 e. The molecule has 2 amide bonds. The predicted molar refractivity (Wildman–Crippen MR) is 141 cm³/mol. The predicted octanol–water partition coefficient (Wildman–Crippen LogP) is 3.14. The maximum atomic E-state index is 13.4. The maximum absolute atomic E-state index is 13.4. The summed E-state index contributed by atoms with van der Waals surface area (Å²) in [6, 6.07) is 20.8. The van der Waals surface area contributed by atoms with Gasteiger partial charge in [-0.1, -0.05) is 67.4 Å². The van der Waals surface area contributed by atoms with Gasteiger partial charge in [-0.25, -0.2) is 11.4 Å². The van der Waals surface area contributed by atoms with Crippen LogP contribution >= 0.6 is 0 Å². The Hall–Kier alpha value is -3.91. The summed E-state index contributed by atoms with van der Waals surface area (Å²) >= 11 is 0. The molecular formula is C28H33N5O3. The van der Waals surface area contributed by atoms with Crippen LogP contribution in [0.2, 0.25) is 0 Å². The first-order valence-corrected chi connectivity index (χ1v) is 12.3. The van der Waals surface area contributed by atoms with E-state index in [0.29, 0.717) is 12.2 Å². The van der Waals surface area contributed by atoms with Crippen LogP contribution in [0.1, 0.15) is 36.8 Å². The van der Waals surface area contributed by atoms with Gasteiger partial charge in [0.25, 0.3) is 5.91 Å². The molecule has 36 heavy (non-hydrogen) atoms. The molecule has 0 radical (unpaired) electrons. The van der Waals surface area contributed by atoms with E-state index in [2.05, 4.69) is 16.0 Å². The molecule has 1 fully saturated rings. The zero-order valence-corrected chi connectivity index (χ0v) is 20.5. The van der Waals surface area contributed by atoms with Crippen molar-refractivity contribution in [2.45, 2.75) is 44.2 Å². The highest BCUT2D eigenvalue weighted by molar-refractivity contribution is 5.89. The summed E-state index contributed by atoms with van der Waals surface area (Å²) in [5, 5.41) is 8.86. The standard InChI is InChI=1S/C28H33N5O3/c1-33(24-8-4-5-9-24)28(35)26(16-20-10-12-21(13-11-20)18-30-32-29)31-27(34)19-36-25-15-14-22-6-2-3-7-23(22)17-25/h2-3,6-7,10-15,17-18,24,26,32H,4-5,8-9,16,19,29H2,1H3,(H,31,34)/t26-/m0/s1. The Kier molecular flexibility index (Phi) is 8.52. The van der Waals surface area contributed by atoms with E-state index in [4.69, 9.17) is 10.6 Å². The van der Waals surface area contributed by atoms with Crippen molar-refractivity contribution >= 4 is 28.8 Å². The molecule has 0 spiro atoms. The van der Waals surface area contributed by atoms with Gasteiger partial charge in [-0.3, -0.25) is 9.59 Å². The summed E-state index contributed by atoms with van der Waals surface area (Å²) < 4.78 is 5.75. The van der Waals surface area contributed by atoms with Crippen molar-refractivity contribution in [3.8, 4) is 5.75 Å². The van der Waals surface area contributed by atoms with Gasteiger partial charge in [-0.15, -0.1) is 0 Å². The quantitative estimate of drug-likeness (QED) is 0.231. The summed E-state index contributed by atoms with van der Waals surface area (Å²) in [6.45, 7) is -0.170. The van der Waals surface area contributed by atoms with E-state index in [9.17, 15) is 9.59 Å². The van der Waals surface area contributed by atoms with Crippen molar-refractivity contribution in [2.75, 3.05) is 13.7 Å². The molecule has 188 valence electrons. The molecule has 0 aromatic heterocycles. The molecule has 0 saturated heterocycles. The summed E-state index contributed by atoms with van der Waals surface area (Å²) in [5.74, 6) is 5.37. The number of carbonyl (C=O) groups excluding carboxylic acids is 2. The van der Waals surface area contributed by atoms with Crippen LogP contribution in [0.5, 0.6) is 5.75 Å². The number of ether oxygens (including phenoxy) is 1. The number of hydrogen-bond acceptors (Lipinski definition) is 6. The largest absolute Gasteiger partial charge is 0.484 e. The second-order valence-corrected chi connectivity index (χ2v) is 9.14. The third kappa shape index (κ3) is 6.60. The van der Waals surface area contributed by atoms with E-state index in [1.165, 1.54) is 0 Å². The molecule has 3 aromatic carbocycles. The minimum atomic E-state index is -0.687. The molecule has 0 heterocycles. The molecule has 0 aliphatic heterocycles. The van der Waals surface area contributed by atoms with Gasteiger partial charge in [0.15, 0.2) is 6.61 Å². The third-order valence-corrected chi connectivity index (χ3v) is 6.65. The SMILES string of the molecule is CN(C(=O)[C@H](Cc1ccc(C=NNN)cc1)NC(=O)COc1ccc2ccccc2c1)C1CCCC1. The van der Waals surface area contributed by atoms with E-state index >= 15 is 0 Å². The Morgan fingerprint density at radius 1 is 1.08 bits per heavy atom. The van der Waals surface area contributed by atoms with Crippen LogP contribution in [-0.4, -0.2) is 48.7 Å². The summed E-state index contributed by atoms with van der Waals surface area (Å²) in [7, 11) is 1.84. The van der Waals surface area contributed by atoms with E-state index < -0.39 is 6.04 Å². The molecule has 4 N–H and O–H groups in total. The smallest absolute Gasteiger partial charge is 0.258 e. The van der Waals surface area contributed by atoms with E-state index in [-0.39, 0.29) is 24.5 Å². The molecule has 1 aliphatic rings. The Bertz CT molecular complexity index is 1210. The molecule has 3 aromatic rings. The van der Waals surface area contributed by atoms with Gasteiger partial charge in [0.2, 0.25) is 5.91 Å². The molecule has 1 saturated carbocycles. The van der Waals surface area contributed by atoms with Gasteiger partial charge < -0.3 is 15.0 Å². The minimum absolute atomic E-state index is 0.0843. The van der Waals surface area contributed by atoms with Crippen LogP contribution in [0, 0.1) is 0 Å². The summed E-state index contributed by atoms with van der Waals surface area (Å²) in [5.41, 5.74) is 4.03. The van der Waals surface area contributed by atoms with Gasteiger partial charge in [0.1, 0.15) is 11.8 Å². The van der Waals surface area contributed by atoms with Gasteiger partial charge in [0.05, 0.1) is 6.21 Å². The number of amides is 2. The number of carbonyl (C=O) groups is 2. The third-order valence-electron chi connectivity index (χ3n) is 6.65. The summed E-state index contributed by atoms with van der Waals surface area (Å²) in [4.78, 5) is 28.1. The average molecular weight is 488 g/mol. The van der Waals surface area contributed by atoms with Gasteiger partial charge in [0, 0.05) is 19.5 Å². The number of hydrazine groups is 1. The molecule has 1 aliphatic carbocycles. The first kappa shape index (κ1) is 25.2. The van der Waals surface area contributed by atoms with Crippen molar-refractivity contribution in [1.82, 2.24) is 15.8 Å². The van der Waals surface area contributed by atoms with Crippen LogP contribution in [0.25, 0.3) is 10.8 Å². The highest BCUT2D eigenvalue weighted by Gasteiger charge is 2.30. The van der Waals surface area contributed by atoms with Crippen molar-refractivity contribution < 1.29 is 14.3 Å². The zero-order valence-electron chi connectivity index (χ0n) is 20.5. The van der Waals surface area contributed by atoms with E-state index in [1.54, 1.807) is 11.1 Å². The number of rotatable bonds is 10. The molecule has 0 unspecified atom stereocenters. The second-order valence-electron chi connectivity index (χ2n) is 9.14. The number of fused-ring (bicyclic) bond motifs is 1. The Morgan fingerprint density at radius 2 is 1.81 bits per heavy atom. The number of nitrogens with one attached hydrogen (secondary N) is 2. The molecule has 0 bridgehead atoms. The van der Waals surface area contributed by atoms with Crippen molar-refractivity contribution in [1.29, 1.82) is 0 Å². The van der Waals surface area contributed by atoms with Crippen LogP contribution in [0.15, 0.2) is 71.8 Å². The molecule has 8 nitrogen and oxygen atoms in total. The van der Waals surface area contributed by atoms with Gasteiger partial charge in [-0.05, 0) is 46.9 Å². The fourth-order valence-electron chi connectivity index (χ4n) is 4.65. The first-order chi connectivity index (χ1) is 17.5. The Morgan fingerprint density at radius 3 is 2.53 bits per heavy atom. The van der Waals surface area contributed by atoms with Crippen molar-refractivity contribution in [2.24, 2.45) is 10.9 Å². The van der Waals surface area contributed by atoms with Crippen molar-refractivity contribution in [3.05, 3.63) is 77.9 Å². The van der Waals surface area contributed by atoms with E-state index in [1.807, 2.05) is 73.8 Å².